The third-order valence-electron chi connectivity index (χ3n) is 3.11. The number of nitrogens with two attached hydrogens (primary N) is 1. The van der Waals surface area contributed by atoms with Crippen molar-refractivity contribution in [2.45, 2.75) is 23.6 Å². The highest BCUT2D eigenvalue weighted by Gasteiger charge is 2.32. The molecule has 1 unspecified atom stereocenters. The smallest absolute Gasteiger partial charge is 0.246 e. The fourth-order valence-electron chi connectivity index (χ4n) is 2.07. The van der Waals surface area contributed by atoms with Crippen LogP contribution in [-0.2, 0) is 16.6 Å². The molecule has 0 radical (unpaired) electrons. The summed E-state index contributed by atoms with van der Waals surface area (Å²) in [6.45, 7) is 2.44. The summed E-state index contributed by atoms with van der Waals surface area (Å²) < 4.78 is 53.4. The van der Waals surface area contributed by atoms with Crippen molar-refractivity contribution in [3.8, 4) is 0 Å². The highest BCUT2D eigenvalue weighted by molar-refractivity contribution is 8.00. The monoisotopic (exact) mass is 322 g/mol. The number of rotatable bonds is 3. The van der Waals surface area contributed by atoms with Gasteiger partial charge in [-0.3, -0.25) is 0 Å². The maximum absolute atomic E-state index is 13.8. The van der Waals surface area contributed by atoms with Crippen LogP contribution in [0.2, 0.25) is 0 Å². The quantitative estimate of drug-likeness (QED) is 0.917. The van der Waals surface area contributed by atoms with E-state index in [0.29, 0.717) is 18.8 Å². The van der Waals surface area contributed by atoms with E-state index in [1.165, 1.54) is 4.31 Å². The summed E-state index contributed by atoms with van der Waals surface area (Å²) in [4.78, 5) is -0.628. The van der Waals surface area contributed by atoms with Crippen LogP contribution in [0.4, 0.5) is 8.78 Å². The van der Waals surface area contributed by atoms with E-state index < -0.39 is 26.6 Å². The van der Waals surface area contributed by atoms with Crippen LogP contribution < -0.4 is 5.73 Å². The zero-order valence-electron chi connectivity index (χ0n) is 11.0. The Hall–Kier alpha value is -0.700. The molecular formula is C12H16F2N2O2S2. The van der Waals surface area contributed by atoms with Gasteiger partial charge in [0.25, 0.3) is 0 Å². The van der Waals surface area contributed by atoms with Gasteiger partial charge in [-0.05, 0) is 17.7 Å². The first-order valence-electron chi connectivity index (χ1n) is 6.16. The van der Waals surface area contributed by atoms with Crippen LogP contribution in [0.3, 0.4) is 0 Å². The maximum atomic E-state index is 13.8. The first-order chi connectivity index (χ1) is 9.36. The van der Waals surface area contributed by atoms with E-state index in [1.54, 1.807) is 11.8 Å². The van der Waals surface area contributed by atoms with Crippen molar-refractivity contribution in [3.05, 3.63) is 29.3 Å². The van der Waals surface area contributed by atoms with E-state index in [0.717, 1.165) is 12.1 Å². The van der Waals surface area contributed by atoms with Crippen LogP contribution in [0.5, 0.6) is 0 Å². The predicted octanol–water partition coefficient (Wildman–Crippen LogP) is 1.55. The van der Waals surface area contributed by atoms with E-state index in [1.807, 2.05) is 6.92 Å². The zero-order valence-corrected chi connectivity index (χ0v) is 12.6. The Morgan fingerprint density at radius 3 is 2.75 bits per heavy atom. The van der Waals surface area contributed by atoms with E-state index >= 15 is 0 Å². The molecule has 0 aliphatic carbocycles. The van der Waals surface area contributed by atoms with Crippen molar-refractivity contribution < 1.29 is 17.2 Å². The lowest BCUT2D eigenvalue weighted by Crippen LogP contribution is -2.41. The summed E-state index contributed by atoms with van der Waals surface area (Å²) in [6.07, 6.45) is 0. The molecule has 0 saturated carbocycles. The molecule has 0 amide bonds. The number of sulfonamides is 1. The van der Waals surface area contributed by atoms with Crippen LogP contribution in [0, 0.1) is 11.6 Å². The van der Waals surface area contributed by atoms with Gasteiger partial charge in [0.1, 0.15) is 4.90 Å². The molecule has 0 aromatic heterocycles. The van der Waals surface area contributed by atoms with Gasteiger partial charge in [0.05, 0.1) is 0 Å². The number of nitrogens with zero attached hydrogens (tertiary/aromatic N) is 1. The number of benzene rings is 1. The van der Waals surface area contributed by atoms with Crippen LogP contribution in [0.1, 0.15) is 12.5 Å². The normalized spacial score (nSPS) is 21.1. The molecule has 0 bridgehead atoms. The third-order valence-corrected chi connectivity index (χ3v) is 6.11. The van der Waals surface area contributed by atoms with Crippen LogP contribution in [0.25, 0.3) is 0 Å². The minimum absolute atomic E-state index is 0.0496. The molecule has 1 atom stereocenters. The number of halogens is 2. The average Bonchev–Trinajstić information content (AvgIpc) is 2.41. The fourth-order valence-corrected chi connectivity index (χ4v) is 4.94. The summed E-state index contributed by atoms with van der Waals surface area (Å²) in [7, 11) is -4.03. The minimum atomic E-state index is -4.03. The topological polar surface area (TPSA) is 63.4 Å². The Balaban J connectivity index is 2.46. The first-order valence-corrected chi connectivity index (χ1v) is 8.65. The molecule has 8 heteroatoms. The van der Waals surface area contributed by atoms with Crippen LogP contribution in [0.15, 0.2) is 17.0 Å². The highest BCUT2D eigenvalue weighted by Crippen LogP contribution is 2.27. The summed E-state index contributed by atoms with van der Waals surface area (Å²) in [5.74, 6) is -1.89. The summed E-state index contributed by atoms with van der Waals surface area (Å²) in [6, 6.07) is 2.03. The molecule has 20 heavy (non-hydrogen) atoms. The second kappa shape index (κ2) is 5.97. The van der Waals surface area contributed by atoms with Crippen molar-refractivity contribution in [3.63, 3.8) is 0 Å². The van der Waals surface area contributed by atoms with Gasteiger partial charge in [0.15, 0.2) is 11.6 Å². The molecule has 2 N–H and O–H groups in total. The van der Waals surface area contributed by atoms with Crippen LogP contribution >= 0.6 is 11.8 Å². The van der Waals surface area contributed by atoms with E-state index in [2.05, 4.69) is 0 Å². The molecule has 1 saturated heterocycles. The lowest BCUT2D eigenvalue weighted by atomic mass is 10.2. The first kappa shape index (κ1) is 15.7. The molecule has 112 valence electrons. The Morgan fingerprint density at radius 2 is 2.15 bits per heavy atom. The van der Waals surface area contributed by atoms with Crippen molar-refractivity contribution in [2.24, 2.45) is 5.73 Å². The van der Waals surface area contributed by atoms with E-state index in [-0.39, 0.29) is 17.4 Å². The third kappa shape index (κ3) is 2.98. The molecule has 1 aromatic carbocycles. The standard InChI is InChI=1S/C12H16F2N2O2S2/c1-8-7-16(2-3-19-8)20(17,18)11-5-9(6-15)4-10(13)12(11)14/h4-5,8H,2-3,6-7,15H2,1H3. The molecule has 1 fully saturated rings. The maximum Gasteiger partial charge on any atom is 0.246 e. The summed E-state index contributed by atoms with van der Waals surface area (Å²) in [5.41, 5.74) is 5.63. The van der Waals surface area contributed by atoms with Gasteiger partial charge in [-0.1, -0.05) is 6.92 Å². The summed E-state index contributed by atoms with van der Waals surface area (Å²) >= 11 is 1.65. The minimum Gasteiger partial charge on any atom is -0.326 e. The summed E-state index contributed by atoms with van der Waals surface area (Å²) in [5, 5.41) is 0.129. The van der Waals surface area contributed by atoms with Crippen molar-refractivity contribution >= 4 is 21.8 Å². The Labute approximate surface area is 121 Å². The van der Waals surface area contributed by atoms with Crippen LogP contribution in [-0.4, -0.2) is 36.8 Å². The van der Waals surface area contributed by atoms with Gasteiger partial charge in [0, 0.05) is 30.6 Å². The predicted molar refractivity (Wildman–Crippen MR) is 74.9 cm³/mol. The molecule has 1 aromatic rings. The van der Waals surface area contributed by atoms with Crippen molar-refractivity contribution in [2.75, 3.05) is 18.8 Å². The molecule has 4 nitrogen and oxygen atoms in total. The molecule has 0 spiro atoms. The second-order valence-corrected chi connectivity index (χ2v) is 8.09. The molecule has 2 rings (SSSR count). The number of hydrogen-bond donors (Lipinski definition) is 1. The molecular weight excluding hydrogens is 306 g/mol. The van der Waals surface area contributed by atoms with Gasteiger partial charge in [-0.2, -0.15) is 16.1 Å². The van der Waals surface area contributed by atoms with Crippen molar-refractivity contribution in [1.82, 2.24) is 4.31 Å². The Kier molecular flexibility index (Phi) is 4.68. The van der Waals surface area contributed by atoms with E-state index in [9.17, 15) is 17.2 Å². The highest BCUT2D eigenvalue weighted by atomic mass is 32.2. The molecule has 1 heterocycles. The van der Waals surface area contributed by atoms with Crippen molar-refractivity contribution in [1.29, 1.82) is 0 Å². The molecule has 1 aliphatic rings. The zero-order chi connectivity index (χ0) is 14.9. The van der Waals surface area contributed by atoms with E-state index in [4.69, 9.17) is 5.73 Å². The van der Waals surface area contributed by atoms with Gasteiger partial charge in [-0.25, -0.2) is 17.2 Å². The fraction of sp³-hybridized carbons (Fsp3) is 0.500. The average molecular weight is 322 g/mol. The van der Waals surface area contributed by atoms with Gasteiger partial charge in [0.2, 0.25) is 10.0 Å². The largest absolute Gasteiger partial charge is 0.326 e. The lowest BCUT2D eigenvalue weighted by molar-refractivity contribution is 0.415. The van der Waals surface area contributed by atoms with Gasteiger partial charge in [-0.15, -0.1) is 0 Å². The Morgan fingerprint density at radius 1 is 1.45 bits per heavy atom. The van der Waals surface area contributed by atoms with Gasteiger partial charge >= 0.3 is 0 Å². The molecule has 1 aliphatic heterocycles. The lowest BCUT2D eigenvalue weighted by Gasteiger charge is -2.29. The van der Waals surface area contributed by atoms with Gasteiger partial charge < -0.3 is 5.73 Å². The Bertz CT molecular complexity index is 608. The second-order valence-electron chi connectivity index (χ2n) is 4.64. The number of hydrogen-bond acceptors (Lipinski definition) is 4. The SMILES string of the molecule is CC1CN(S(=O)(=O)c2cc(CN)cc(F)c2F)CCS1. The number of thioether (sulfide) groups is 1.